The average molecular weight is 323 g/mol. The third-order valence-electron chi connectivity index (χ3n) is 3.35. The lowest BCUT2D eigenvalue weighted by atomic mass is 10.2. The number of rotatable bonds is 5. The minimum absolute atomic E-state index is 0.0864. The third-order valence-corrected chi connectivity index (χ3v) is 4.46. The topological polar surface area (TPSA) is 52.8 Å². The van der Waals surface area contributed by atoms with Gasteiger partial charge >= 0.3 is 0 Å². The second kappa shape index (κ2) is 5.99. The Kier molecular flexibility index (Phi) is 4.07. The van der Waals surface area contributed by atoms with Crippen molar-refractivity contribution in [1.82, 2.24) is 19.5 Å². The van der Waals surface area contributed by atoms with Crippen LogP contribution in [-0.2, 0) is 5.88 Å². The maximum Gasteiger partial charge on any atom is 0.215 e. The number of hydrogen-bond acceptors (Lipinski definition) is 5. The van der Waals surface area contributed by atoms with E-state index in [-0.39, 0.29) is 6.04 Å². The Bertz CT molecular complexity index is 741. The van der Waals surface area contributed by atoms with Crippen molar-refractivity contribution in [1.29, 1.82) is 0 Å². The summed E-state index contributed by atoms with van der Waals surface area (Å²) in [5, 5.41) is 3.01. The Hall–Kier alpha value is -1.66. The Morgan fingerprint density at radius 1 is 1.38 bits per heavy atom. The van der Waals surface area contributed by atoms with E-state index >= 15 is 0 Å². The molecule has 1 unspecified atom stereocenters. The van der Waals surface area contributed by atoms with Gasteiger partial charge in [0.2, 0.25) is 5.88 Å². The van der Waals surface area contributed by atoms with Gasteiger partial charge in [-0.25, -0.2) is 9.97 Å². The van der Waals surface area contributed by atoms with Crippen molar-refractivity contribution >= 4 is 34.1 Å². The molecule has 0 radical (unpaired) electrons. The summed E-state index contributed by atoms with van der Waals surface area (Å²) in [4.78, 5) is 13.5. The quantitative estimate of drug-likeness (QED) is 0.673. The highest BCUT2D eigenvalue weighted by molar-refractivity contribution is 7.09. The first-order chi connectivity index (χ1) is 10.3. The number of aromatic nitrogens is 4. The Labute approximate surface area is 131 Å². The van der Waals surface area contributed by atoms with Gasteiger partial charge in [0.15, 0.2) is 5.65 Å². The molecule has 0 saturated heterocycles. The van der Waals surface area contributed by atoms with Gasteiger partial charge in [-0.3, -0.25) is 0 Å². The first-order valence-corrected chi connectivity index (χ1v) is 8.07. The number of nitrogens with zero attached hydrogens (tertiary/aromatic N) is 4. The summed E-state index contributed by atoms with van der Waals surface area (Å²) in [5.74, 6) is 1.70. The standard InChI is InChI=1S/C14H15ClN4OS/c1-3-10(14-16-6-7-21-14)19-11(8-15)17-9-4-5-12(20-2)18-13(9)19/h4-7,10H,3,8H2,1-2H3. The van der Waals surface area contributed by atoms with E-state index in [1.54, 1.807) is 18.4 Å². The van der Waals surface area contributed by atoms with Gasteiger partial charge in [0.05, 0.1) is 19.0 Å². The highest BCUT2D eigenvalue weighted by Crippen LogP contribution is 2.30. The van der Waals surface area contributed by atoms with Gasteiger partial charge in [-0.1, -0.05) is 6.92 Å². The molecular formula is C14H15ClN4OS. The van der Waals surface area contributed by atoms with Gasteiger partial charge in [-0.15, -0.1) is 22.9 Å². The molecule has 0 fully saturated rings. The van der Waals surface area contributed by atoms with Gasteiger partial charge in [0.25, 0.3) is 0 Å². The first-order valence-electron chi connectivity index (χ1n) is 6.65. The summed E-state index contributed by atoms with van der Waals surface area (Å²) in [5.41, 5.74) is 1.61. The molecule has 0 aliphatic rings. The molecule has 3 aromatic heterocycles. The van der Waals surface area contributed by atoms with E-state index in [9.17, 15) is 0 Å². The molecule has 21 heavy (non-hydrogen) atoms. The van der Waals surface area contributed by atoms with Gasteiger partial charge < -0.3 is 9.30 Å². The van der Waals surface area contributed by atoms with Crippen LogP contribution >= 0.6 is 22.9 Å². The molecule has 3 heterocycles. The predicted octanol–water partition coefficient (Wildman–Crippen LogP) is 3.63. The molecule has 0 bridgehead atoms. The molecule has 3 rings (SSSR count). The van der Waals surface area contributed by atoms with Crippen LogP contribution in [0.5, 0.6) is 5.88 Å². The second-order valence-electron chi connectivity index (χ2n) is 4.52. The molecule has 3 aromatic rings. The largest absolute Gasteiger partial charge is 0.481 e. The number of hydrogen-bond donors (Lipinski definition) is 0. The maximum atomic E-state index is 6.08. The lowest BCUT2D eigenvalue weighted by Crippen LogP contribution is -2.13. The number of thiazole rings is 1. The summed E-state index contributed by atoms with van der Waals surface area (Å²) in [6.45, 7) is 2.12. The fourth-order valence-electron chi connectivity index (χ4n) is 2.41. The monoisotopic (exact) mass is 322 g/mol. The number of fused-ring (bicyclic) bond motifs is 1. The zero-order chi connectivity index (χ0) is 14.8. The second-order valence-corrected chi connectivity index (χ2v) is 5.72. The van der Waals surface area contributed by atoms with Crippen LogP contribution in [0.4, 0.5) is 0 Å². The first kappa shape index (κ1) is 14.3. The van der Waals surface area contributed by atoms with Crippen molar-refractivity contribution in [3.05, 3.63) is 34.5 Å². The molecule has 0 aliphatic carbocycles. The van der Waals surface area contributed by atoms with Crippen LogP contribution in [0.3, 0.4) is 0 Å². The Morgan fingerprint density at radius 3 is 2.86 bits per heavy atom. The van der Waals surface area contributed by atoms with Crippen molar-refractivity contribution in [2.45, 2.75) is 25.3 Å². The predicted molar refractivity (Wildman–Crippen MR) is 84.2 cm³/mol. The molecule has 0 amide bonds. The average Bonchev–Trinajstić information content (AvgIpc) is 3.16. The molecule has 0 N–H and O–H groups in total. The normalized spacial score (nSPS) is 12.7. The van der Waals surface area contributed by atoms with E-state index in [1.165, 1.54) is 0 Å². The third kappa shape index (κ3) is 2.49. The van der Waals surface area contributed by atoms with Crippen molar-refractivity contribution in [3.8, 4) is 5.88 Å². The molecule has 1 atom stereocenters. The molecule has 5 nitrogen and oxygen atoms in total. The van der Waals surface area contributed by atoms with E-state index in [2.05, 4.69) is 26.4 Å². The highest BCUT2D eigenvalue weighted by atomic mass is 35.5. The molecule has 0 saturated carbocycles. The fraction of sp³-hybridized carbons (Fsp3) is 0.357. The maximum absolute atomic E-state index is 6.08. The summed E-state index contributed by atoms with van der Waals surface area (Å²) < 4.78 is 7.30. The lowest BCUT2D eigenvalue weighted by Gasteiger charge is -2.17. The van der Waals surface area contributed by atoms with E-state index in [4.69, 9.17) is 16.3 Å². The summed E-state index contributed by atoms with van der Waals surface area (Å²) in [6.07, 6.45) is 2.71. The minimum atomic E-state index is 0.0864. The number of halogens is 1. The van der Waals surface area contributed by atoms with Gasteiger partial charge in [-0.2, -0.15) is 4.98 Å². The van der Waals surface area contributed by atoms with Crippen LogP contribution in [0.25, 0.3) is 11.2 Å². The van der Waals surface area contributed by atoms with E-state index in [0.717, 1.165) is 28.4 Å². The molecule has 0 aliphatic heterocycles. The summed E-state index contributed by atoms with van der Waals surface area (Å²) in [7, 11) is 1.61. The van der Waals surface area contributed by atoms with Crippen molar-refractivity contribution in [3.63, 3.8) is 0 Å². The van der Waals surface area contributed by atoms with Gasteiger partial charge in [0, 0.05) is 17.6 Å². The number of imidazole rings is 1. The van der Waals surface area contributed by atoms with Crippen LogP contribution in [-0.4, -0.2) is 26.6 Å². The van der Waals surface area contributed by atoms with Crippen LogP contribution < -0.4 is 4.74 Å². The fourth-order valence-corrected chi connectivity index (χ4v) is 3.41. The van der Waals surface area contributed by atoms with Crippen molar-refractivity contribution < 1.29 is 4.74 Å². The van der Waals surface area contributed by atoms with Crippen LogP contribution in [0.15, 0.2) is 23.7 Å². The number of ether oxygens (including phenoxy) is 1. The molecule has 7 heteroatoms. The zero-order valence-corrected chi connectivity index (χ0v) is 13.4. The smallest absolute Gasteiger partial charge is 0.215 e. The van der Waals surface area contributed by atoms with Crippen molar-refractivity contribution in [2.75, 3.05) is 7.11 Å². The molecule has 0 aromatic carbocycles. The van der Waals surface area contributed by atoms with Crippen LogP contribution in [0.1, 0.15) is 30.2 Å². The van der Waals surface area contributed by atoms with Crippen LogP contribution in [0, 0.1) is 0 Å². The lowest BCUT2D eigenvalue weighted by molar-refractivity contribution is 0.398. The van der Waals surface area contributed by atoms with E-state index < -0.39 is 0 Å². The van der Waals surface area contributed by atoms with E-state index in [0.29, 0.717) is 11.8 Å². The SMILES string of the molecule is CCC(c1nccs1)n1c(CCl)nc2ccc(OC)nc21. The number of alkyl halides is 1. The molecule has 0 spiro atoms. The molecule has 110 valence electrons. The van der Waals surface area contributed by atoms with Gasteiger partial charge in [-0.05, 0) is 12.5 Å². The number of pyridine rings is 1. The van der Waals surface area contributed by atoms with E-state index in [1.807, 2.05) is 23.7 Å². The summed E-state index contributed by atoms with van der Waals surface area (Å²) in [6, 6.07) is 3.80. The zero-order valence-electron chi connectivity index (χ0n) is 11.8. The van der Waals surface area contributed by atoms with Crippen molar-refractivity contribution in [2.24, 2.45) is 0 Å². The van der Waals surface area contributed by atoms with Crippen LogP contribution in [0.2, 0.25) is 0 Å². The summed E-state index contributed by atoms with van der Waals surface area (Å²) >= 11 is 7.71. The minimum Gasteiger partial charge on any atom is -0.481 e. The molecular weight excluding hydrogens is 308 g/mol. The van der Waals surface area contributed by atoms with Gasteiger partial charge in [0.1, 0.15) is 16.3 Å². The highest BCUT2D eigenvalue weighted by Gasteiger charge is 2.22. The Balaban J connectivity index is 2.23. The Morgan fingerprint density at radius 2 is 2.24 bits per heavy atom. The number of methoxy groups -OCH3 is 1.